The number of nitrogens with zero attached hydrogens (tertiary/aromatic N) is 2. The van der Waals surface area contributed by atoms with Crippen molar-refractivity contribution >= 4 is 35.5 Å². The highest BCUT2D eigenvalue weighted by molar-refractivity contribution is 7.99. The monoisotopic (exact) mass is 530 g/mol. The zero-order chi connectivity index (χ0) is 24.2. The lowest BCUT2D eigenvalue weighted by molar-refractivity contribution is -0.137. The number of benzene rings is 2. The number of likely N-dealkylation sites (tertiary alicyclic amines) is 1. The quantitative estimate of drug-likeness (QED) is 0.387. The maximum atomic E-state index is 13.4. The Balaban J connectivity index is 0.00000342. The van der Waals surface area contributed by atoms with Gasteiger partial charge in [0, 0.05) is 29.4 Å². The third-order valence-corrected chi connectivity index (χ3v) is 7.91. The molecular formula is C26H34ClF3N2O2S. The highest BCUT2D eigenvalue weighted by atomic mass is 35.5. The van der Waals surface area contributed by atoms with Gasteiger partial charge in [-0.2, -0.15) is 13.2 Å². The summed E-state index contributed by atoms with van der Waals surface area (Å²) in [4.78, 5) is 6.40. The topological polar surface area (TPSA) is 35.9 Å². The first-order valence-corrected chi connectivity index (χ1v) is 12.9. The number of fused-ring (bicyclic) bond motifs is 2. The van der Waals surface area contributed by atoms with Gasteiger partial charge >= 0.3 is 6.18 Å². The lowest BCUT2D eigenvalue weighted by Gasteiger charge is -2.42. The van der Waals surface area contributed by atoms with Gasteiger partial charge in [-0.05, 0) is 62.6 Å². The molecule has 0 aromatic heterocycles. The second kappa shape index (κ2) is 12.2. The van der Waals surface area contributed by atoms with Gasteiger partial charge in [0.25, 0.3) is 0 Å². The van der Waals surface area contributed by atoms with Gasteiger partial charge < -0.3 is 19.6 Å². The van der Waals surface area contributed by atoms with Crippen molar-refractivity contribution in [1.82, 2.24) is 4.90 Å². The number of para-hydroxylation sites is 1. The van der Waals surface area contributed by atoms with Crippen molar-refractivity contribution in [2.75, 3.05) is 44.3 Å². The van der Waals surface area contributed by atoms with E-state index >= 15 is 0 Å². The average Bonchev–Trinajstić information content (AvgIpc) is 2.83. The van der Waals surface area contributed by atoms with Crippen LogP contribution in [0.5, 0.6) is 0 Å². The predicted molar refractivity (Wildman–Crippen MR) is 137 cm³/mol. The van der Waals surface area contributed by atoms with E-state index in [1.54, 1.807) is 6.07 Å². The molecule has 35 heavy (non-hydrogen) atoms. The Morgan fingerprint density at radius 1 is 1.03 bits per heavy atom. The summed E-state index contributed by atoms with van der Waals surface area (Å²) >= 11 is 1.53. The van der Waals surface area contributed by atoms with Gasteiger partial charge in [0.05, 0.1) is 35.8 Å². The minimum Gasteiger partial charge on any atom is -0.394 e. The van der Waals surface area contributed by atoms with Crippen LogP contribution in [0.15, 0.2) is 52.3 Å². The van der Waals surface area contributed by atoms with Crippen LogP contribution in [-0.4, -0.2) is 55.0 Å². The zero-order valence-corrected chi connectivity index (χ0v) is 21.7. The molecule has 0 saturated carbocycles. The van der Waals surface area contributed by atoms with Gasteiger partial charge in [0.15, 0.2) is 0 Å². The fourth-order valence-corrected chi connectivity index (χ4v) is 6.14. The molecule has 9 heteroatoms. The minimum atomic E-state index is -4.36. The Hall–Kier alpha value is -1.45. The lowest BCUT2D eigenvalue weighted by Crippen LogP contribution is -2.47. The van der Waals surface area contributed by atoms with E-state index in [2.05, 4.69) is 11.8 Å². The highest BCUT2D eigenvalue weighted by Gasteiger charge is 2.35. The summed E-state index contributed by atoms with van der Waals surface area (Å²) in [6.45, 7) is 6.01. The normalized spacial score (nSPS) is 17.5. The molecule has 0 unspecified atom stereocenters. The molecule has 4 nitrogen and oxygen atoms in total. The van der Waals surface area contributed by atoms with Crippen molar-refractivity contribution in [1.29, 1.82) is 0 Å². The fraction of sp³-hybridized carbons (Fsp3) is 0.538. The molecule has 0 radical (unpaired) electrons. The summed E-state index contributed by atoms with van der Waals surface area (Å²) in [7, 11) is 0. The first-order valence-electron chi connectivity index (χ1n) is 12.1. The minimum absolute atomic E-state index is 0. The number of rotatable bonds is 9. The molecule has 2 aromatic rings. The number of anilines is 2. The summed E-state index contributed by atoms with van der Waals surface area (Å²) in [5.74, 6) is 0. The molecule has 2 heterocycles. The third-order valence-electron chi connectivity index (χ3n) is 6.78. The van der Waals surface area contributed by atoms with Crippen molar-refractivity contribution in [3.05, 3.63) is 48.0 Å². The molecule has 2 aliphatic rings. The molecule has 0 bridgehead atoms. The van der Waals surface area contributed by atoms with E-state index in [1.807, 2.05) is 29.2 Å². The third kappa shape index (κ3) is 6.66. The number of aliphatic hydroxyl groups is 1. The predicted octanol–water partition coefficient (Wildman–Crippen LogP) is 6.76. The van der Waals surface area contributed by atoms with E-state index in [0.29, 0.717) is 18.8 Å². The van der Waals surface area contributed by atoms with E-state index in [9.17, 15) is 13.2 Å². The summed E-state index contributed by atoms with van der Waals surface area (Å²) in [5.41, 5.74) is 0.862. The maximum Gasteiger partial charge on any atom is 0.416 e. The molecule has 2 aliphatic heterocycles. The number of hydrogen-bond donors (Lipinski definition) is 1. The van der Waals surface area contributed by atoms with Crippen LogP contribution in [0.1, 0.15) is 44.6 Å². The van der Waals surface area contributed by atoms with E-state index in [0.717, 1.165) is 67.2 Å². The molecule has 1 saturated heterocycles. The van der Waals surface area contributed by atoms with Crippen LogP contribution in [0.4, 0.5) is 24.5 Å². The Morgan fingerprint density at radius 3 is 2.43 bits per heavy atom. The van der Waals surface area contributed by atoms with Gasteiger partial charge in [-0.15, -0.1) is 12.4 Å². The van der Waals surface area contributed by atoms with Crippen LogP contribution in [0.25, 0.3) is 0 Å². The molecule has 4 rings (SSSR count). The number of ether oxygens (including phenoxy) is 1. The van der Waals surface area contributed by atoms with Crippen molar-refractivity contribution in [3.63, 3.8) is 0 Å². The second-order valence-corrected chi connectivity index (χ2v) is 10.2. The van der Waals surface area contributed by atoms with Crippen molar-refractivity contribution < 1.29 is 23.0 Å². The van der Waals surface area contributed by atoms with E-state index in [1.165, 1.54) is 23.9 Å². The molecule has 0 spiro atoms. The lowest BCUT2D eigenvalue weighted by atomic mass is 9.86. The number of hydrogen-bond acceptors (Lipinski definition) is 5. The second-order valence-electron chi connectivity index (χ2n) is 9.10. The summed E-state index contributed by atoms with van der Waals surface area (Å²) in [5, 5.41) is 9.17. The van der Waals surface area contributed by atoms with Gasteiger partial charge in [0.1, 0.15) is 0 Å². The molecule has 0 aliphatic carbocycles. The van der Waals surface area contributed by atoms with Crippen LogP contribution in [0, 0.1) is 0 Å². The summed E-state index contributed by atoms with van der Waals surface area (Å²) in [6, 6.07) is 12.0. The average molecular weight is 531 g/mol. The Morgan fingerprint density at radius 2 is 1.74 bits per heavy atom. The Labute approximate surface area is 216 Å². The SMILES string of the molecule is CCCC1(OCCO)CCN(CCCN2c3ccccc3Sc3ccc(C(F)(F)F)cc32)CC1.Cl. The standard InChI is InChI=1S/C26H33F3N2O2S.ClH/c1-2-10-25(33-18-17-32)11-15-30(16-12-25)13-5-14-31-21-6-3-4-7-23(21)34-24-9-8-20(19-22(24)31)26(27,28)29;/h3-4,6-9,19,32H,2,5,10-18H2,1H3;1H. The van der Waals surface area contributed by atoms with Crippen LogP contribution >= 0.6 is 24.2 Å². The zero-order valence-electron chi connectivity index (χ0n) is 20.0. The molecular weight excluding hydrogens is 497 g/mol. The molecule has 0 amide bonds. The number of aliphatic hydroxyl groups excluding tert-OH is 1. The molecule has 194 valence electrons. The Bertz CT molecular complexity index is 968. The molecule has 0 atom stereocenters. The smallest absolute Gasteiger partial charge is 0.394 e. The maximum absolute atomic E-state index is 13.4. The van der Waals surface area contributed by atoms with Gasteiger partial charge in [-0.1, -0.05) is 37.2 Å². The number of halogens is 4. The number of alkyl halides is 3. The highest BCUT2D eigenvalue weighted by Crippen LogP contribution is 2.49. The molecule has 2 aromatic carbocycles. The number of piperidine rings is 1. The van der Waals surface area contributed by atoms with Crippen LogP contribution in [0.2, 0.25) is 0 Å². The van der Waals surface area contributed by atoms with E-state index in [-0.39, 0.29) is 24.6 Å². The summed E-state index contributed by atoms with van der Waals surface area (Å²) in [6.07, 6.45) is 0.439. The van der Waals surface area contributed by atoms with Crippen LogP contribution < -0.4 is 4.90 Å². The van der Waals surface area contributed by atoms with Gasteiger partial charge in [-0.25, -0.2) is 0 Å². The van der Waals surface area contributed by atoms with E-state index < -0.39 is 11.7 Å². The first kappa shape index (κ1) is 28.1. The Kier molecular flexibility index (Phi) is 9.80. The van der Waals surface area contributed by atoms with Crippen LogP contribution in [-0.2, 0) is 10.9 Å². The largest absolute Gasteiger partial charge is 0.416 e. The van der Waals surface area contributed by atoms with Gasteiger partial charge in [-0.3, -0.25) is 0 Å². The van der Waals surface area contributed by atoms with E-state index in [4.69, 9.17) is 9.84 Å². The van der Waals surface area contributed by atoms with Gasteiger partial charge in [0.2, 0.25) is 0 Å². The molecule has 1 N–H and O–H groups in total. The van der Waals surface area contributed by atoms with Crippen molar-refractivity contribution in [2.24, 2.45) is 0 Å². The van der Waals surface area contributed by atoms with Crippen molar-refractivity contribution in [3.8, 4) is 0 Å². The fourth-order valence-electron chi connectivity index (χ4n) is 5.07. The van der Waals surface area contributed by atoms with Crippen LogP contribution in [0.3, 0.4) is 0 Å². The first-order chi connectivity index (χ1) is 16.3. The molecule has 1 fully saturated rings. The van der Waals surface area contributed by atoms with Crippen molar-refractivity contribution in [2.45, 2.75) is 60.6 Å². The summed E-state index contributed by atoms with van der Waals surface area (Å²) < 4.78 is 46.3.